The highest BCUT2D eigenvalue weighted by Crippen LogP contribution is 2.21. The third-order valence-corrected chi connectivity index (χ3v) is 4.54. The van der Waals surface area contributed by atoms with Gasteiger partial charge in [-0.3, -0.25) is 10.1 Å². The number of pyridine rings is 1. The van der Waals surface area contributed by atoms with Gasteiger partial charge in [0.15, 0.2) is 17.3 Å². The van der Waals surface area contributed by atoms with Gasteiger partial charge in [-0.25, -0.2) is 9.97 Å². The van der Waals surface area contributed by atoms with Gasteiger partial charge in [0.1, 0.15) is 5.52 Å². The second-order valence-electron chi connectivity index (χ2n) is 6.41. The van der Waals surface area contributed by atoms with Crippen molar-refractivity contribution in [2.75, 3.05) is 5.32 Å². The van der Waals surface area contributed by atoms with Gasteiger partial charge in [0.05, 0.1) is 12.7 Å². The molecule has 7 nitrogen and oxygen atoms in total. The Morgan fingerprint density at radius 1 is 1.18 bits per heavy atom. The van der Waals surface area contributed by atoms with Crippen LogP contribution in [0.25, 0.3) is 11.2 Å². The molecule has 0 aliphatic heterocycles. The maximum absolute atomic E-state index is 4.72. The largest absolute Gasteiger partial charge is 0.327 e. The number of aromatic nitrogens is 6. The highest BCUT2D eigenvalue weighted by Gasteiger charge is 2.10. The molecule has 4 aromatic heterocycles. The predicted molar refractivity (Wildman–Crippen MR) is 113 cm³/mol. The van der Waals surface area contributed by atoms with Crippen molar-refractivity contribution in [1.82, 2.24) is 29.7 Å². The first-order valence-corrected chi connectivity index (χ1v) is 9.76. The van der Waals surface area contributed by atoms with Crippen LogP contribution in [0.4, 0.5) is 11.6 Å². The fourth-order valence-corrected chi connectivity index (χ4v) is 2.83. The van der Waals surface area contributed by atoms with E-state index in [2.05, 4.69) is 50.0 Å². The smallest absolute Gasteiger partial charge is 0.161 e. The van der Waals surface area contributed by atoms with E-state index in [1.54, 1.807) is 12.4 Å². The molecular weight excluding hydrogens is 350 g/mol. The van der Waals surface area contributed by atoms with Crippen LogP contribution in [0.15, 0.2) is 49.1 Å². The van der Waals surface area contributed by atoms with Gasteiger partial charge in [0, 0.05) is 30.4 Å². The van der Waals surface area contributed by atoms with Gasteiger partial charge < -0.3 is 9.88 Å². The second-order valence-corrected chi connectivity index (χ2v) is 6.41. The average Bonchev–Trinajstić information content (AvgIpc) is 3.37. The van der Waals surface area contributed by atoms with Crippen molar-refractivity contribution in [2.24, 2.45) is 0 Å². The summed E-state index contributed by atoms with van der Waals surface area (Å²) >= 11 is 0. The Hall–Kier alpha value is -3.22. The molecule has 4 heterocycles. The minimum absolute atomic E-state index is 0.448. The molecule has 1 unspecified atom stereocenters. The topological polar surface area (TPSA) is 84.3 Å². The third-order valence-electron chi connectivity index (χ3n) is 4.54. The molecule has 4 aromatic rings. The van der Waals surface area contributed by atoms with Crippen LogP contribution in [0.2, 0.25) is 0 Å². The molecule has 0 aliphatic rings. The van der Waals surface area contributed by atoms with E-state index in [1.165, 1.54) is 0 Å². The number of aromatic amines is 1. The number of hydrogen-bond acceptors (Lipinski definition) is 5. The van der Waals surface area contributed by atoms with Crippen LogP contribution in [0.1, 0.15) is 51.3 Å². The maximum atomic E-state index is 4.72. The van der Waals surface area contributed by atoms with Crippen molar-refractivity contribution in [3.63, 3.8) is 0 Å². The zero-order valence-corrected chi connectivity index (χ0v) is 16.8. The van der Waals surface area contributed by atoms with Gasteiger partial charge in [0.2, 0.25) is 0 Å². The third kappa shape index (κ3) is 4.36. The molecule has 0 aliphatic carbocycles. The summed E-state index contributed by atoms with van der Waals surface area (Å²) in [6.07, 6.45) is 8.43. The average molecular weight is 377 g/mol. The van der Waals surface area contributed by atoms with Gasteiger partial charge in [-0.2, -0.15) is 5.10 Å². The summed E-state index contributed by atoms with van der Waals surface area (Å²) in [4.78, 5) is 13.4. The van der Waals surface area contributed by atoms with Gasteiger partial charge in [-0.1, -0.05) is 33.8 Å². The van der Waals surface area contributed by atoms with Gasteiger partial charge in [0.25, 0.3) is 0 Å². The lowest BCUT2D eigenvalue weighted by Gasteiger charge is -2.06. The molecule has 2 N–H and O–H groups in total. The van der Waals surface area contributed by atoms with Crippen molar-refractivity contribution in [2.45, 2.75) is 46.6 Å². The Bertz CT molecular complexity index is 1000. The molecule has 0 spiro atoms. The zero-order chi connectivity index (χ0) is 19.9. The van der Waals surface area contributed by atoms with Crippen LogP contribution >= 0.6 is 0 Å². The summed E-state index contributed by atoms with van der Waals surface area (Å²) in [6, 6.07) is 7.98. The van der Waals surface area contributed by atoms with Gasteiger partial charge in [-0.05, 0) is 30.0 Å². The van der Waals surface area contributed by atoms with Crippen LogP contribution in [0.3, 0.4) is 0 Å². The van der Waals surface area contributed by atoms with Crippen LogP contribution in [-0.2, 0) is 6.54 Å². The summed E-state index contributed by atoms with van der Waals surface area (Å²) < 4.78 is 2.07. The summed E-state index contributed by atoms with van der Waals surface area (Å²) in [7, 11) is 0. The van der Waals surface area contributed by atoms with E-state index < -0.39 is 0 Å². The van der Waals surface area contributed by atoms with E-state index in [0.29, 0.717) is 18.3 Å². The maximum Gasteiger partial charge on any atom is 0.161 e. The van der Waals surface area contributed by atoms with Crippen LogP contribution in [-0.4, -0.2) is 29.7 Å². The van der Waals surface area contributed by atoms with E-state index in [-0.39, 0.29) is 0 Å². The number of hydrogen-bond donors (Lipinski definition) is 2. The number of rotatable bonds is 6. The molecule has 1 atom stereocenters. The normalized spacial score (nSPS) is 11.7. The highest BCUT2D eigenvalue weighted by molar-refractivity contribution is 5.73. The SMILES string of the molecule is CC.CCC(C)c1cc(Nc2cnc3ccn(Cc4cccnc4)c3n2)n[nH]1. The summed E-state index contributed by atoms with van der Waals surface area (Å²) in [6.45, 7) is 9.04. The summed E-state index contributed by atoms with van der Waals surface area (Å²) in [5, 5.41) is 10.6. The first kappa shape index (κ1) is 19.5. The Morgan fingerprint density at radius 2 is 2.04 bits per heavy atom. The Balaban J connectivity index is 0.00000109. The minimum atomic E-state index is 0.448. The summed E-state index contributed by atoms with van der Waals surface area (Å²) in [5.41, 5.74) is 3.93. The fourth-order valence-electron chi connectivity index (χ4n) is 2.83. The predicted octanol–water partition coefficient (Wildman–Crippen LogP) is 4.88. The molecule has 0 radical (unpaired) electrons. The molecule has 0 saturated carbocycles. The molecule has 0 amide bonds. The Morgan fingerprint density at radius 3 is 2.79 bits per heavy atom. The van der Waals surface area contributed by atoms with Gasteiger partial charge >= 0.3 is 0 Å². The molecule has 28 heavy (non-hydrogen) atoms. The van der Waals surface area contributed by atoms with E-state index in [0.717, 1.165) is 34.7 Å². The van der Waals surface area contributed by atoms with E-state index in [4.69, 9.17) is 4.98 Å². The molecule has 4 rings (SSSR count). The number of fused-ring (bicyclic) bond motifs is 1. The van der Waals surface area contributed by atoms with E-state index >= 15 is 0 Å². The molecule has 7 heteroatoms. The molecule has 146 valence electrons. The van der Waals surface area contributed by atoms with Crippen molar-refractivity contribution < 1.29 is 0 Å². The van der Waals surface area contributed by atoms with E-state index in [9.17, 15) is 0 Å². The van der Waals surface area contributed by atoms with Crippen LogP contribution < -0.4 is 5.32 Å². The monoisotopic (exact) mass is 377 g/mol. The Labute approximate surface area is 165 Å². The quantitative estimate of drug-likeness (QED) is 0.500. The number of H-pyrrole nitrogens is 1. The zero-order valence-electron chi connectivity index (χ0n) is 16.8. The van der Waals surface area contributed by atoms with Crippen LogP contribution in [0, 0.1) is 0 Å². The minimum Gasteiger partial charge on any atom is -0.327 e. The standard InChI is InChI=1S/C19H21N7.C2H6/c1-3-13(2)16-9-17(25-24-16)22-18-11-21-15-6-8-26(19(15)23-18)12-14-5-4-7-20-10-14;1-2/h4-11,13H,3,12H2,1-2H3,(H2,22,23,24,25);1-2H3. The molecule has 0 bridgehead atoms. The van der Waals surface area contributed by atoms with Crippen LogP contribution in [0.5, 0.6) is 0 Å². The lowest BCUT2D eigenvalue weighted by Crippen LogP contribution is -2.02. The number of anilines is 2. The lowest BCUT2D eigenvalue weighted by atomic mass is 10.1. The molecule has 0 saturated heterocycles. The van der Waals surface area contributed by atoms with Crippen molar-refractivity contribution in [1.29, 1.82) is 0 Å². The molecular formula is C21H27N7. The lowest BCUT2D eigenvalue weighted by molar-refractivity contribution is 0.703. The molecule has 0 aromatic carbocycles. The number of nitrogens with zero attached hydrogens (tertiary/aromatic N) is 5. The fraction of sp³-hybridized carbons (Fsp3) is 0.333. The molecule has 0 fully saturated rings. The summed E-state index contributed by atoms with van der Waals surface area (Å²) in [5.74, 6) is 1.87. The van der Waals surface area contributed by atoms with Crippen molar-refractivity contribution in [3.8, 4) is 0 Å². The van der Waals surface area contributed by atoms with Gasteiger partial charge in [-0.15, -0.1) is 0 Å². The first-order chi connectivity index (χ1) is 13.7. The number of nitrogens with one attached hydrogen (secondary N) is 2. The highest BCUT2D eigenvalue weighted by atomic mass is 15.2. The van der Waals surface area contributed by atoms with Crippen molar-refractivity contribution in [3.05, 3.63) is 60.3 Å². The van der Waals surface area contributed by atoms with E-state index in [1.807, 2.05) is 44.4 Å². The van der Waals surface area contributed by atoms with Crippen molar-refractivity contribution >= 4 is 22.8 Å². The second kappa shape index (κ2) is 9.12. The Kier molecular flexibility index (Phi) is 6.37. The first-order valence-electron chi connectivity index (χ1n) is 9.76.